The van der Waals surface area contributed by atoms with Gasteiger partial charge in [0.15, 0.2) is 0 Å². The summed E-state index contributed by atoms with van der Waals surface area (Å²) >= 11 is 0. The van der Waals surface area contributed by atoms with Gasteiger partial charge in [-0.1, -0.05) is 6.92 Å². The molecule has 1 rings (SSSR count). The van der Waals surface area contributed by atoms with Crippen molar-refractivity contribution in [2.75, 3.05) is 6.61 Å². The Hall–Kier alpha value is -0.620. The number of nitrogens with one attached hydrogen (secondary N) is 1. The summed E-state index contributed by atoms with van der Waals surface area (Å²) in [4.78, 5) is 11.5. The van der Waals surface area contributed by atoms with Crippen LogP contribution in [0.4, 0.5) is 0 Å². The number of carbonyl (C=O) groups excluding carboxylic acids is 1. The van der Waals surface area contributed by atoms with Crippen LogP contribution in [-0.2, 0) is 20.4 Å². The number of hydrogen-bond donors (Lipinski definition) is 2. The van der Waals surface area contributed by atoms with Crippen LogP contribution in [0.2, 0.25) is 0 Å². The van der Waals surface area contributed by atoms with Crippen molar-refractivity contribution in [3.63, 3.8) is 0 Å². The first kappa shape index (κ1) is 12.4. The molecular formula is C9H17NO4S. The van der Waals surface area contributed by atoms with E-state index in [2.05, 4.69) is 4.72 Å². The van der Waals surface area contributed by atoms with Crippen LogP contribution in [0.1, 0.15) is 26.7 Å². The van der Waals surface area contributed by atoms with E-state index in [9.17, 15) is 13.2 Å². The van der Waals surface area contributed by atoms with Gasteiger partial charge < -0.3 is 4.74 Å². The minimum atomic E-state index is -2.58. The van der Waals surface area contributed by atoms with E-state index in [1.807, 2.05) is 6.92 Å². The van der Waals surface area contributed by atoms with Gasteiger partial charge >= 0.3 is 5.97 Å². The molecule has 0 aromatic heterocycles. The Morgan fingerprint density at radius 1 is 1.47 bits per heavy atom. The highest BCUT2D eigenvalue weighted by Gasteiger charge is 2.37. The van der Waals surface area contributed by atoms with Gasteiger partial charge in [-0.25, -0.2) is 13.1 Å². The van der Waals surface area contributed by atoms with Crippen molar-refractivity contribution in [3.05, 3.63) is 0 Å². The first-order valence-electron chi connectivity index (χ1n) is 5.11. The summed E-state index contributed by atoms with van der Waals surface area (Å²) in [6.45, 7) is 4.08. The van der Waals surface area contributed by atoms with Crippen LogP contribution in [0.5, 0.6) is 0 Å². The van der Waals surface area contributed by atoms with E-state index in [4.69, 9.17) is 4.74 Å². The minimum Gasteiger partial charge on any atom is -0.466 e. The van der Waals surface area contributed by atoms with E-state index in [-0.39, 0.29) is 23.8 Å². The average Bonchev–Trinajstić information content (AvgIpc) is 2.46. The second-order valence-electron chi connectivity index (χ2n) is 3.89. The Balaban J connectivity index is 2.52. The lowest BCUT2D eigenvalue weighted by Crippen LogP contribution is -2.26. The maximum Gasteiger partial charge on any atom is 0.309 e. The van der Waals surface area contributed by atoms with Crippen molar-refractivity contribution in [1.82, 2.24) is 4.72 Å². The molecule has 0 aromatic carbocycles. The number of rotatable bonds is 4. The SMILES string of the molecule is CCOC(=O)C1CC(N[SH](=O)=O)CC1C. The van der Waals surface area contributed by atoms with Crippen LogP contribution in [0, 0.1) is 11.8 Å². The molecule has 1 aliphatic carbocycles. The zero-order valence-corrected chi connectivity index (χ0v) is 9.83. The Kier molecular flexibility index (Phi) is 4.53. The predicted octanol–water partition coefficient (Wildman–Crippen LogP) is 0.0802. The van der Waals surface area contributed by atoms with Crippen molar-refractivity contribution in [2.24, 2.45) is 11.8 Å². The van der Waals surface area contributed by atoms with Crippen LogP contribution in [0.3, 0.4) is 0 Å². The molecule has 0 radical (unpaired) electrons. The molecule has 0 saturated heterocycles. The van der Waals surface area contributed by atoms with Gasteiger partial charge in [0, 0.05) is 6.04 Å². The molecule has 1 saturated carbocycles. The van der Waals surface area contributed by atoms with Gasteiger partial charge in [-0.2, -0.15) is 0 Å². The smallest absolute Gasteiger partial charge is 0.309 e. The zero-order valence-electron chi connectivity index (χ0n) is 8.93. The minimum absolute atomic E-state index is 0.115. The van der Waals surface area contributed by atoms with Crippen LogP contribution < -0.4 is 4.72 Å². The molecule has 1 fully saturated rings. The third kappa shape index (κ3) is 3.46. The van der Waals surface area contributed by atoms with Gasteiger partial charge in [0.25, 0.3) is 0 Å². The van der Waals surface area contributed by atoms with Gasteiger partial charge in [-0.15, -0.1) is 0 Å². The summed E-state index contributed by atoms with van der Waals surface area (Å²) in [6.07, 6.45) is 1.25. The molecule has 0 aromatic rings. The van der Waals surface area contributed by atoms with E-state index >= 15 is 0 Å². The quantitative estimate of drug-likeness (QED) is 0.534. The second-order valence-corrected chi connectivity index (χ2v) is 4.66. The number of esters is 1. The van der Waals surface area contributed by atoms with Gasteiger partial charge in [-0.3, -0.25) is 4.79 Å². The van der Waals surface area contributed by atoms with E-state index in [0.717, 1.165) is 0 Å². The molecule has 3 atom stereocenters. The monoisotopic (exact) mass is 235 g/mol. The Morgan fingerprint density at radius 3 is 2.67 bits per heavy atom. The molecule has 0 heterocycles. The highest BCUT2D eigenvalue weighted by atomic mass is 32.2. The highest BCUT2D eigenvalue weighted by Crippen LogP contribution is 2.32. The van der Waals surface area contributed by atoms with Gasteiger partial charge in [0.2, 0.25) is 10.9 Å². The standard InChI is InChI=1S/C9H17NO4S/c1-3-14-9(11)8-5-7(4-6(8)2)10-15(12)13/h6-8,15H,3-5H2,1-2H3,(H,10,12,13). The summed E-state index contributed by atoms with van der Waals surface area (Å²) in [5.41, 5.74) is 0. The lowest BCUT2D eigenvalue weighted by atomic mass is 9.99. The lowest BCUT2D eigenvalue weighted by Gasteiger charge is -2.12. The largest absolute Gasteiger partial charge is 0.466 e. The fraction of sp³-hybridized carbons (Fsp3) is 0.889. The number of carbonyl (C=O) groups is 1. The summed E-state index contributed by atoms with van der Waals surface area (Å²) in [5, 5.41) is 0. The first-order chi connectivity index (χ1) is 7.04. The summed E-state index contributed by atoms with van der Waals surface area (Å²) in [6, 6.07) is -0.115. The molecular weight excluding hydrogens is 218 g/mol. The van der Waals surface area contributed by atoms with Crippen molar-refractivity contribution in [1.29, 1.82) is 0 Å². The fourth-order valence-corrected chi connectivity index (χ4v) is 2.59. The van der Waals surface area contributed by atoms with E-state index < -0.39 is 10.9 Å². The van der Waals surface area contributed by atoms with Crippen molar-refractivity contribution < 1.29 is 17.9 Å². The number of thiol groups is 1. The van der Waals surface area contributed by atoms with Crippen molar-refractivity contribution in [3.8, 4) is 0 Å². The average molecular weight is 235 g/mol. The topological polar surface area (TPSA) is 72.5 Å². The summed E-state index contributed by atoms with van der Waals surface area (Å²) in [5.74, 6) is -0.204. The molecule has 0 bridgehead atoms. The van der Waals surface area contributed by atoms with Crippen molar-refractivity contribution >= 4 is 16.9 Å². The lowest BCUT2D eigenvalue weighted by molar-refractivity contribution is -0.149. The summed E-state index contributed by atoms with van der Waals surface area (Å²) < 4.78 is 28.3. The van der Waals surface area contributed by atoms with E-state index in [1.54, 1.807) is 6.92 Å². The van der Waals surface area contributed by atoms with Crippen LogP contribution in [-0.4, -0.2) is 27.0 Å². The Morgan fingerprint density at radius 2 is 2.13 bits per heavy atom. The molecule has 5 nitrogen and oxygen atoms in total. The summed E-state index contributed by atoms with van der Waals surface area (Å²) in [7, 11) is -2.58. The van der Waals surface area contributed by atoms with Crippen LogP contribution in [0.15, 0.2) is 0 Å². The molecule has 1 aliphatic rings. The van der Waals surface area contributed by atoms with Crippen LogP contribution in [0.25, 0.3) is 0 Å². The van der Waals surface area contributed by atoms with Gasteiger partial charge in [-0.05, 0) is 25.7 Å². The Bertz CT molecular complexity index is 294. The van der Waals surface area contributed by atoms with E-state index in [1.165, 1.54) is 0 Å². The molecule has 6 heteroatoms. The normalized spacial score (nSPS) is 30.7. The Labute approximate surface area is 91.3 Å². The van der Waals surface area contributed by atoms with Crippen molar-refractivity contribution in [2.45, 2.75) is 32.7 Å². The maximum absolute atomic E-state index is 11.5. The highest BCUT2D eigenvalue weighted by molar-refractivity contribution is 7.70. The van der Waals surface area contributed by atoms with Gasteiger partial charge in [0.05, 0.1) is 12.5 Å². The molecule has 0 aliphatic heterocycles. The zero-order chi connectivity index (χ0) is 11.4. The second kappa shape index (κ2) is 5.46. The molecule has 0 spiro atoms. The molecule has 15 heavy (non-hydrogen) atoms. The maximum atomic E-state index is 11.5. The molecule has 88 valence electrons. The third-order valence-electron chi connectivity index (χ3n) is 2.76. The molecule has 3 unspecified atom stereocenters. The first-order valence-corrected chi connectivity index (χ1v) is 6.29. The van der Waals surface area contributed by atoms with Crippen LogP contribution >= 0.6 is 0 Å². The third-order valence-corrected chi connectivity index (χ3v) is 3.33. The molecule has 0 amide bonds. The number of hydrogen-bond acceptors (Lipinski definition) is 4. The predicted molar refractivity (Wildman–Crippen MR) is 55.8 cm³/mol. The number of ether oxygens (including phenoxy) is 1. The van der Waals surface area contributed by atoms with Gasteiger partial charge in [0.1, 0.15) is 0 Å². The fourth-order valence-electron chi connectivity index (χ4n) is 2.08. The molecule has 1 N–H and O–H groups in total. The van der Waals surface area contributed by atoms with E-state index in [0.29, 0.717) is 19.4 Å².